The summed E-state index contributed by atoms with van der Waals surface area (Å²) < 4.78 is 0. The molecule has 3 nitrogen and oxygen atoms in total. The number of hydroxylamine groups is 1. The number of hydrogen-bond donors (Lipinski definition) is 2. The van der Waals surface area contributed by atoms with Crippen molar-refractivity contribution >= 4 is 5.91 Å². The van der Waals surface area contributed by atoms with Gasteiger partial charge in [-0.2, -0.15) is 0 Å². The van der Waals surface area contributed by atoms with Crippen LogP contribution in [0.15, 0.2) is 47.6 Å². The fourth-order valence-corrected chi connectivity index (χ4v) is 1.08. The van der Waals surface area contributed by atoms with Gasteiger partial charge in [0, 0.05) is 6.08 Å². The van der Waals surface area contributed by atoms with Crippen LogP contribution in [-0.2, 0) is 4.79 Å². The van der Waals surface area contributed by atoms with Gasteiger partial charge in [0.25, 0.3) is 5.91 Å². The zero-order chi connectivity index (χ0) is 10.4. The molecular weight excluding hydrogens is 178 g/mol. The Labute approximate surface area is 83.1 Å². The smallest absolute Gasteiger partial charge is 0.267 e. The minimum Gasteiger partial charge on any atom is -0.288 e. The van der Waals surface area contributed by atoms with Gasteiger partial charge in [-0.25, -0.2) is 5.48 Å². The molecule has 1 rings (SSSR count). The molecular formula is C11H13NO2. The van der Waals surface area contributed by atoms with E-state index in [2.05, 4.69) is 6.08 Å². The number of rotatable bonds is 2. The van der Waals surface area contributed by atoms with Crippen LogP contribution in [0.25, 0.3) is 0 Å². The Morgan fingerprint density at radius 1 is 1.50 bits per heavy atom. The van der Waals surface area contributed by atoms with E-state index in [1.54, 1.807) is 6.08 Å². The Kier molecular flexibility index (Phi) is 3.88. The lowest BCUT2D eigenvalue weighted by Crippen LogP contribution is -2.14. The van der Waals surface area contributed by atoms with Gasteiger partial charge in [-0.05, 0) is 25.0 Å². The average Bonchev–Trinajstić information content (AvgIpc) is 2.39. The summed E-state index contributed by atoms with van der Waals surface area (Å²) in [4.78, 5) is 10.7. The van der Waals surface area contributed by atoms with Crippen molar-refractivity contribution in [2.45, 2.75) is 13.3 Å². The Balaban J connectivity index is 2.63. The quantitative estimate of drug-likeness (QED) is 0.398. The normalized spacial score (nSPS) is 16.1. The van der Waals surface area contributed by atoms with E-state index in [9.17, 15) is 4.79 Å². The van der Waals surface area contributed by atoms with E-state index in [1.807, 2.05) is 25.2 Å². The highest BCUT2D eigenvalue weighted by atomic mass is 16.5. The first-order chi connectivity index (χ1) is 6.72. The van der Waals surface area contributed by atoms with Crippen LogP contribution >= 0.6 is 0 Å². The first kappa shape index (κ1) is 10.5. The van der Waals surface area contributed by atoms with Crippen LogP contribution in [0.3, 0.4) is 0 Å². The molecule has 0 heterocycles. The Hall–Kier alpha value is -1.61. The summed E-state index contributed by atoms with van der Waals surface area (Å²) in [7, 11) is 0. The summed E-state index contributed by atoms with van der Waals surface area (Å²) in [6.45, 7) is 2.03. The molecule has 74 valence electrons. The minimum atomic E-state index is -0.520. The molecule has 0 bridgehead atoms. The summed E-state index contributed by atoms with van der Waals surface area (Å²) in [6, 6.07) is 0. The third kappa shape index (κ3) is 3.41. The predicted molar refractivity (Wildman–Crippen MR) is 54.7 cm³/mol. The van der Waals surface area contributed by atoms with Crippen molar-refractivity contribution in [2.24, 2.45) is 0 Å². The van der Waals surface area contributed by atoms with E-state index in [4.69, 9.17) is 5.21 Å². The van der Waals surface area contributed by atoms with Gasteiger partial charge in [-0.3, -0.25) is 10.0 Å². The molecule has 1 aliphatic rings. The summed E-state index contributed by atoms with van der Waals surface area (Å²) in [6.07, 6.45) is 11.8. The highest BCUT2D eigenvalue weighted by Crippen LogP contribution is 2.10. The number of allylic oxidation sites excluding steroid dienone is 7. The molecule has 0 aromatic carbocycles. The molecule has 0 unspecified atom stereocenters. The molecule has 0 saturated heterocycles. The van der Waals surface area contributed by atoms with Crippen LogP contribution in [0.5, 0.6) is 0 Å². The molecule has 0 atom stereocenters. The van der Waals surface area contributed by atoms with Crippen molar-refractivity contribution in [3.8, 4) is 0 Å². The molecule has 1 aliphatic carbocycles. The van der Waals surface area contributed by atoms with E-state index in [-0.39, 0.29) is 0 Å². The van der Waals surface area contributed by atoms with Crippen LogP contribution in [0.2, 0.25) is 0 Å². The molecule has 0 aliphatic heterocycles. The van der Waals surface area contributed by atoms with E-state index in [0.717, 1.165) is 12.0 Å². The summed E-state index contributed by atoms with van der Waals surface area (Å²) in [5, 5.41) is 8.26. The number of hydrogen-bond acceptors (Lipinski definition) is 2. The lowest BCUT2D eigenvalue weighted by molar-refractivity contribution is -0.124. The molecule has 0 saturated carbocycles. The van der Waals surface area contributed by atoms with Gasteiger partial charge in [0.15, 0.2) is 0 Å². The van der Waals surface area contributed by atoms with Gasteiger partial charge >= 0.3 is 0 Å². The second-order valence-electron chi connectivity index (χ2n) is 3.03. The molecule has 0 aromatic heterocycles. The molecule has 1 amide bonds. The summed E-state index contributed by atoms with van der Waals surface area (Å²) in [5.41, 5.74) is 3.70. The Morgan fingerprint density at radius 2 is 2.29 bits per heavy atom. The highest BCUT2D eigenvalue weighted by Gasteiger charge is 1.94. The van der Waals surface area contributed by atoms with Crippen LogP contribution in [-0.4, -0.2) is 11.1 Å². The number of nitrogens with one attached hydrogen (secondary N) is 1. The first-order valence-corrected chi connectivity index (χ1v) is 4.39. The summed E-state index contributed by atoms with van der Waals surface area (Å²) in [5.74, 6) is -0.520. The van der Waals surface area contributed by atoms with Gasteiger partial charge in [-0.1, -0.05) is 29.9 Å². The molecule has 3 heteroatoms. The van der Waals surface area contributed by atoms with Gasteiger partial charge in [0.2, 0.25) is 0 Å². The van der Waals surface area contributed by atoms with E-state index in [0.29, 0.717) is 0 Å². The van der Waals surface area contributed by atoms with Gasteiger partial charge < -0.3 is 0 Å². The number of carbonyl (C=O) groups is 1. The molecule has 0 spiro atoms. The molecule has 2 N–H and O–H groups in total. The molecule has 0 aromatic rings. The van der Waals surface area contributed by atoms with Crippen LogP contribution in [0.4, 0.5) is 0 Å². The zero-order valence-corrected chi connectivity index (χ0v) is 8.03. The monoisotopic (exact) mass is 191 g/mol. The second kappa shape index (κ2) is 5.19. The Morgan fingerprint density at radius 3 is 3.00 bits per heavy atom. The van der Waals surface area contributed by atoms with E-state index < -0.39 is 5.91 Å². The number of carbonyl (C=O) groups excluding carboxylic acids is 1. The maximum atomic E-state index is 10.7. The zero-order valence-electron chi connectivity index (χ0n) is 8.03. The fourth-order valence-electron chi connectivity index (χ4n) is 1.08. The lowest BCUT2D eigenvalue weighted by atomic mass is 10.2. The SMILES string of the molecule is CC1=CCC=C(/C=C/C(=O)NO)C=C1. The standard InChI is InChI=1S/C11H13NO2/c1-9-3-2-4-10(6-5-9)7-8-11(13)12-14/h3-8,14H,2H2,1H3,(H,12,13)/b8-7+. The van der Waals surface area contributed by atoms with Gasteiger partial charge in [0.1, 0.15) is 0 Å². The van der Waals surface area contributed by atoms with Crippen LogP contribution < -0.4 is 5.48 Å². The molecule has 0 fully saturated rings. The first-order valence-electron chi connectivity index (χ1n) is 4.39. The van der Waals surface area contributed by atoms with Crippen molar-refractivity contribution in [3.63, 3.8) is 0 Å². The van der Waals surface area contributed by atoms with Gasteiger partial charge in [-0.15, -0.1) is 0 Å². The third-order valence-electron chi connectivity index (χ3n) is 1.87. The van der Waals surface area contributed by atoms with E-state index in [1.165, 1.54) is 17.1 Å². The van der Waals surface area contributed by atoms with E-state index >= 15 is 0 Å². The van der Waals surface area contributed by atoms with Crippen molar-refractivity contribution in [1.29, 1.82) is 0 Å². The number of amides is 1. The molecule has 14 heavy (non-hydrogen) atoms. The van der Waals surface area contributed by atoms with Crippen molar-refractivity contribution in [3.05, 3.63) is 47.6 Å². The summed E-state index contributed by atoms with van der Waals surface area (Å²) >= 11 is 0. The van der Waals surface area contributed by atoms with Crippen molar-refractivity contribution in [1.82, 2.24) is 5.48 Å². The van der Waals surface area contributed by atoms with Crippen molar-refractivity contribution < 1.29 is 10.0 Å². The maximum Gasteiger partial charge on any atom is 0.267 e. The molecule has 0 radical (unpaired) electrons. The van der Waals surface area contributed by atoms with Gasteiger partial charge in [0.05, 0.1) is 0 Å². The largest absolute Gasteiger partial charge is 0.288 e. The lowest BCUT2D eigenvalue weighted by Gasteiger charge is -1.91. The maximum absolute atomic E-state index is 10.7. The second-order valence-corrected chi connectivity index (χ2v) is 3.03. The average molecular weight is 191 g/mol. The fraction of sp³-hybridized carbons (Fsp3) is 0.182. The van der Waals surface area contributed by atoms with Crippen LogP contribution in [0.1, 0.15) is 13.3 Å². The topological polar surface area (TPSA) is 49.3 Å². The highest BCUT2D eigenvalue weighted by molar-refractivity contribution is 5.87. The minimum absolute atomic E-state index is 0.520. The van der Waals surface area contributed by atoms with Crippen LogP contribution in [0, 0.1) is 0 Å². The third-order valence-corrected chi connectivity index (χ3v) is 1.87. The van der Waals surface area contributed by atoms with Crippen molar-refractivity contribution in [2.75, 3.05) is 0 Å². The predicted octanol–water partition coefficient (Wildman–Crippen LogP) is 1.88. The Bertz CT molecular complexity index is 335.